The topological polar surface area (TPSA) is 61.8 Å². The molecule has 0 aliphatic carbocycles. The molecule has 0 fully saturated rings. The Kier molecular flexibility index (Phi) is 5.37. The number of benzene rings is 2. The van der Waals surface area contributed by atoms with E-state index in [9.17, 15) is 10.0 Å². The number of hydrogen-bond donors (Lipinski definition) is 2. The maximum Gasteiger partial charge on any atom is 0.348 e. The van der Waals surface area contributed by atoms with E-state index in [1.54, 1.807) is 6.20 Å². The van der Waals surface area contributed by atoms with Crippen LogP contribution in [0, 0.1) is 0 Å². The molecule has 6 heteroatoms. The molecule has 0 amide bonds. The van der Waals surface area contributed by atoms with Gasteiger partial charge in [-0.3, -0.25) is 10.3 Å². The first-order valence-corrected chi connectivity index (χ1v) is 10.6. The summed E-state index contributed by atoms with van der Waals surface area (Å²) in [5, 5.41) is 14.6. The van der Waals surface area contributed by atoms with E-state index in [0.29, 0.717) is 11.4 Å². The van der Waals surface area contributed by atoms with Crippen molar-refractivity contribution in [1.29, 1.82) is 0 Å². The highest BCUT2D eigenvalue weighted by atomic mass is 32.1. The molecule has 0 radical (unpaired) electrons. The molecule has 0 atom stereocenters. The smallest absolute Gasteiger partial charge is 0.348 e. The monoisotopic (exact) mass is 420 g/mol. The molecule has 4 rings (SSSR count). The van der Waals surface area contributed by atoms with Gasteiger partial charge in [-0.15, -0.1) is 11.3 Å². The van der Waals surface area contributed by atoms with Gasteiger partial charge in [-0.2, -0.15) is 0 Å². The highest BCUT2D eigenvalue weighted by Crippen LogP contribution is 2.35. The fraction of sp³-hybridized carbons (Fsp3) is 0.208. The van der Waals surface area contributed by atoms with Crippen LogP contribution in [0.1, 0.15) is 40.9 Å². The number of fused-ring (bicyclic) bond motifs is 1. The lowest BCUT2D eigenvalue weighted by Gasteiger charge is -2.22. The molecule has 1 aromatic heterocycles. The lowest BCUT2D eigenvalue weighted by atomic mass is 10.1. The summed E-state index contributed by atoms with van der Waals surface area (Å²) in [6.07, 6.45) is 1.64. The van der Waals surface area contributed by atoms with Gasteiger partial charge in [0.25, 0.3) is 0 Å². The van der Waals surface area contributed by atoms with Crippen molar-refractivity contribution in [3.8, 4) is 11.1 Å². The Hall–Kier alpha value is -3.09. The Morgan fingerprint density at radius 2 is 1.73 bits per heavy atom. The second-order valence-corrected chi connectivity index (χ2v) is 9.29. The van der Waals surface area contributed by atoms with Crippen LogP contribution in [-0.2, 0) is 11.3 Å². The molecule has 1 aliphatic heterocycles. The SMILES string of the molecule is CC(C)(C)OC(=O)c1cc2c(s1)CN(O)C=C2Nc1ccc(-c2ccccc2)cc1. The highest BCUT2D eigenvalue weighted by Gasteiger charge is 2.25. The number of esters is 1. The molecular formula is C24H24N2O3S. The quantitative estimate of drug-likeness (QED) is 0.508. The second kappa shape index (κ2) is 7.97. The van der Waals surface area contributed by atoms with Crippen LogP contribution in [0.4, 0.5) is 5.69 Å². The molecule has 154 valence electrons. The summed E-state index contributed by atoms with van der Waals surface area (Å²) >= 11 is 1.34. The Balaban J connectivity index is 1.56. The van der Waals surface area contributed by atoms with Crippen LogP contribution < -0.4 is 5.32 Å². The molecule has 0 saturated heterocycles. The van der Waals surface area contributed by atoms with Crippen LogP contribution >= 0.6 is 11.3 Å². The summed E-state index contributed by atoms with van der Waals surface area (Å²) in [5.74, 6) is -0.349. The normalized spacial score (nSPS) is 13.5. The number of carbonyl (C=O) groups is 1. The van der Waals surface area contributed by atoms with Gasteiger partial charge < -0.3 is 10.1 Å². The summed E-state index contributed by atoms with van der Waals surface area (Å²) in [6, 6.07) is 20.1. The van der Waals surface area contributed by atoms with Gasteiger partial charge in [0.2, 0.25) is 0 Å². The Labute approximate surface area is 180 Å². The van der Waals surface area contributed by atoms with Gasteiger partial charge in [0.15, 0.2) is 0 Å². The number of ether oxygens (including phenoxy) is 1. The average Bonchev–Trinajstić information content (AvgIpc) is 3.12. The van der Waals surface area contributed by atoms with Crippen LogP contribution in [0.5, 0.6) is 0 Å². The lowest BCUT2D eigenvalue weighted by Crippen LogP contribution is -2.23. The van der Waals surface area contributed by atoms with Crippen molar-refractivity contribution in [2.45, 2.75) is 32.9 Å². The maximum absolute atomic E-state index is 12.5. The van der Waals surface area contributed by atoms with Crippen LogP contribution in [-0.4, -0.2) is 21.8 Å². The first-order chi connectivity index (χ1) is 14.3. The van der Waals surface area contributed by atoms with E-state index in [1.807, 2.05) is 57.2 Å². The van der Waals surface area contributed by atoms with Crippen LogP contribution in [0.15, 0.2) is 66.9 Å². The van der Waals surface area contributed by atoms with E-state index in [2.05, 4.69) is 29.6 Å². The number of hydroxylamine groups is 2. The van der Waals surface area contributed by atoms with Gasteiger partial charge in [0, 0.05) is 16.1 Å². The van der Waals surface area contributed by atoms with Gasteiger partial charge in [-0.1, -0.05) is 42.5 Å². The number of nitrogens with one attached hydrogen (secondary N) is 1. The largest absolute Gasteiger partial charge is 0.456 e. The first kappa shape index (κ1) is 20.2. The van der Waals surface area contributed by atoms with E-state index in [0.717, 1.165) is 38.0 Å². The van der Waals surface area contributed by atoms with Gasteiger partial charge in [0.05, 0.1) is 18.4 Å². The minimum absolute atomic E-state index is 0.334. The van der Waals surface area contributed by atoms with Crippen molar-refractivity contribution in [3.63, 3.8) is 0 Å². The average molecular weight is 421 g/mol. The minimum Gasteiger partial charge on any atom is -0.456 e. The third-order valence-electron chi connectivity index (χ3n) is 4.55. The van der Waals surface area contributed by atoms with Crippen molar-refractivity contribution < 1.29 is 14.7 Å². The highest BCUT2D eigenvalue weighted by molar-refractivity contribution is 7.14. The molecule has 2 heterocycles. The third-order valence-corrected chi connectivity index (χ3v) is 5.65. The summed E-state index contributed by atoms with van der Waals surface area (Å²) in [5.41, 5.74) is 4.26. The Bertz CT molecular complexity index is 1080. The molecule has 0 bridgehead atoms. The molecule has 30 heavy (non-hydrogen) atoms. The zero-order valence-electron chi connectivity index (χ0n) is 17.2. The number of carbonyl (C=O) groups excluding carboxylic acids is 1. The predicted molar refractivity (Wildman–Crippen MR) is 120 cm³/mol. The van der Waals surface area contributed by atoms with E-state index >= 15 is 0 Å². The second-order valence-electron chi connectivity index (χ2n) is 8.16. The number of thiophene rings is 1. The Morgan fingerprint density at radius 1 is 1.07 bits per heavy atom. The van der Waals surface area contributed by atoms with Gasteiger partial charge >= 0.3 is 5.97 Å². The standard InChI is InChI=1S/C24H24N2O3S/c1-24(2,3)29-23(27)21-13-19-20(14-26(28)15-22(19)30-21)25-18-11-9-17(10-12-18)16-7-5-4-6-8-16/h4-14,25,28H,15H2,1-3H3. The van der Waals surface area contributed by atoms with Gasteiger partial charge in [-0.05, 0) is 50.1 Å². The molecule has 2 N–H and O–H groups in total. The predicted octanol–water partition coefficient (Wildman–Crippen LogP) is 5.99. The Morgan fingerprint density at radius 3 is 2.40 bits per heavy atom. The van der Waals surface area contributed by atoms with Crippen LogP contribution in [0.2, 0.25) is 0 Å². The van der Waals surface area contributed by atoms with E-state index in [1.165, 1.54) is 11.3 Å². The number of nitrogens with zero attached hydrogens (tertiary/aromatic N) is 1. The van der Waals surface area contributed by atoms with E-state index in [-0.39, 0.29) is 5.97 Å². The number of anilines is 1. The van der Waals surface area contributed by atoms with E-state index in [4.69, 9.17) is 4.74 Å². The molecule has 0 unspecified atom stereocenters. The zero-order valence-corrected chi connectivity index (χ0v) is 18.0. The van der Waals surface area contributed by atoms with Crippen molar-refractivity contribution in [2.24, 2.45) is 0 Å². The lowest BCUT2D eigenvalue weighted by molar-refractivity contribution is -0.0491. The molecular weight excluding hydrogens is 396 g/mol. The fourth-order valence-electron chi connectivity index (χ4n) is 3.25. The fourth-order valence-corrected chi connectivity index (χ4v) is 4.29. The molecule has 0 saturated carbocycles. The van der Waals surface area contributed by atoms with Crippen molar-refractivity contribution in [2.75, 3.05) is 5.32 Å². The molecule has 3 aromatic rings. The zero-order chi connectivity index (χ0) is 21.3. The van der Waals surface area contributed by atoms with Crippen LogP contribution in [0.25, 0.3) is 16.8 Å². The number of hydrogen-bond acceptors (Lipinski definition) is 6. The molecule has 0 spiro atoms. The van der Waals surface area contributed by atoms with Gasteiger partial charge in [-0.25, -0.2) is 4.79 Å². The first-order valence-electron chi connectivity index (χ1n) is 9.75. The summed E-state index contributed by atoms with van der Waals surface area (Å²) < 4.78 is 5.49. The van der Waals surface area contributed by atoms with Crippen molar-refractivity contribution in [1.82, 2.24) is 5.06 Å². The summed E-state index contributed by atoms with van der Waals surface area (Å²) in [7, 11) is 0. The maximum atomic E-state index is 12.5. The molecule has 2 aromatic carbocycles. The third kappa shape index (κ3) is 4.56. The van der Waals surface area contributed by atoms with E-state index < -0.39 is 5.60 Å². The summed E-state index contributed by atoms with van der Waals surface area (Å²) in [4.78, 5) is 13.9. The minimum atomic E-state index is -0.554. The summed E-state index contributed by atoms with van der Waals surface area (Å²) in [6.45, 7) is 5.88. The van der Waals surface area contributed by atoms with Crippen molar-refractivity contribution >= 4 is 28.7 Å². The van der Waals surface area contributed by atoms with Crippen molar-refractivity contribution in [3.05, 3.63) is 82.2 Å². The van der Waals surface area contributed by atoms with Crippen LogP contribution in [0.3, 0.4) is 0 Å². The molecule has 5 nitrogen and oxygen atoms in total. The number of rotatable bonds is 4. The van der Waals surface area contributed by atoms with Gasteiger partial charge in [0.1, 0.15) is 10.5 Å². The molecule has 1 aliphatic rings.